The summed E-state index contributed by atoms with van der Waals surface area (Å²) in [4.78, 5) is 0. The van der Waals surface area contributed by atoms with Crippen LogP contribution in [0.1, 0.15) is 50.2 Å². The van der Waals surface area contributed by atoms with Gasteiger partial charge in [0.2, 0.25) is 0 Å². The van der Waals surface area contributed by atoms with Crippen molar-refractivity contribution in [2.24, 2.45) is 11.7 Å². The van der Waals surface area contributed by atoms with E-state index in [9.17, 15) is 0 Å². The summed E-state index contributed by atoms with van der Waals surface area (Å²) in [5.74, 6) is 0.609. The zero-order valence-corrected chi connectivity index (χ0v) is 10.1. The molecule has 3 heteroatoms. The summed E-state index contributed by atoms with van der Waals surface area (Å²) in [7, 11) is 0. The molecule has 0 spiro atoms. The van der Waals surface area contributed by atoms with Crippen LogP contribution in [0.4, 0.5) is 0 Å². The third-order valence-corrected chi connectivity index (χ3v) is 2.49. The van der Waals surface area contributed by atoms with E-state index in [1.54, 1.807) is 0 Å². The Morgan fingerprint density at radius 3 is 2.53 bits per heavy atom. The van der Waals surface area contributed by atoms with Crippen LogP contribution in [0.3, 0.4) is 0 Å². The maximum absolute atomic E-state index is 6.17. The van der Waals surface area contributed by atoms with Crippen molar-refractivity contribution in [1.82, 2.24) is 10.2 Å². The predicted octanol–water partition coefficient (Wildman–Crippen LogP) is 2.39. The zero-order chi connectivity index (χ0) is 11.4. The van der Waals surface area contributed by atoms with Crippen LogP contribution in [0.15, 0.2) is 6.07 Å². The summed E-state index contributed by atoms with van der Waals surface area (Å²) in [6.45, 7) is 8.42. The Morgan fingerprint density at radius 1 is 1.33 bits per heavy atom. The van der Waals surface area contributed by atoms with Gasteiger partial charge in [-0.1, -0.05) is 20.8 Å². The van der Waals surface area contributed by atoms with E-state index in [4.69, 9.17) is 5.73 Å². The van der Waals surface area contributed by atoms with Gasteiger partial charge in [-0.25, -0.2) is 0 Å². The highest BCUT2D eigenvalue weighted by molar-refractivity contribution is 5.24. The Morgan fingerprint density at radius 2 is 2.00 bits per heavy atom. The molecule has 0 saturated carbocycles. The number of nitrogens with two attached hydrogens (primary N) is 1. The fraction of sp³-hybridized carbons (Fsp3) is 0.667. The molecule has 0 amide bonds. The normalized spacial score (nSPS) is 13.2. The first-order valence-electron chi connectivity index (χ1n) is 5.63. The second-order valence-corrected chi connectivity index (χ2v) is 4.48. The van der Waals surface area contributed by atoms with Gasteiger partial charge in [-0.2, -0.15) is 10.2 Å². The van der Waals surface area contributed by atoms with E-state index in [1.807, 2.05) is 6.92 Å². The first-order chi connectivity index (χ1) is 7.04. The Labute approximate surface area is 92.1 Å². The van der Waals surface area contributed by atoms with Crippen LogP contribution in [0.5, 0.6) is 0 Å². The van der Waals surface area contributed by atoms with Crippen LogP contribution < -0.4 is 5.73 Å². The van der Waals surface area contributed by atoms with Crippen LogP contribution in [-0.2, 0) is 6.42 Å². The first-order valence-corrected chi connectivity index (χ1v) is 5.63. The molecule has 3 nitrogen and oxygen atoms in total. The summed E-state index contributed by atoms with van der Waals surface area (Å²) in [5, 5.41) is 8.26. The fourth-order valence-electron chi connectivity index (χ4n) is 1.76. The van der Waals surface area contributed by atoms with E-state index in [0.717, 1.165) is 24.2 Å². The van der Waals surface area contributed by atoms with Crippen LogP contribution in [0.2, 0.25) is 0 Å². The minimum Gasteiger partial charge on any atom is -0.324 e. The molecule has 1 aromatic rings. The topological polar surface area (TPSA) is 51.8 Å². The molecule has 1 atom stereocenters. The highest BCUT2D eigenvalue weighted by Crippen LogP contribution is 2.21. The summed E-state index contributed by atoms with van der Waals surface area (Å²) >= 11 is 0. The molecule has 0 aliphatic rings. The molecule has 1 aromatic heterocycles. The molecule has 0 fully saturated rings. The van der Waals surface area contributed by atoms with Crippen LogP contribution >= 0.6 is 0 Å². The van der Waals surface area contributed by atoms with Gasteiger partial charge in [0.15, 0.2) is 0 Å². The molecule has 0 aromatic carbocycles. The number of aromatic nitrogens is 2. The first kappa shape index (κ1) is 12.1. The van der Waals surface area contributed by atoms with Gasteiger partial charge in [-0.15, -0.1) is 0 Å². The summed E-state index contributed by atoms with van der Waals surface area (Å²) in [5.41, 5.74) is 9.32. The average Bonchev–Trinajstić information content (AvgIpc) is 2.16. The number of nitrogens with zero attached hydrogens (tertiary/aromatic N) is 2. The highest BCUT2D eigenvalue weighted by Gasteiger charge is 2.13. The Bertz CT molecular complexity index is 321. The summed E-state index contributed by atoms with van der Waals surface area (Å²) in [6, 6.07) is 2.16. The molecule has 15 heavy (non-hydrogen) atoms. The van der Waals surface area contributed by atoms with Gasteiger partial charge >= 0.3 is 0 Å². The second-order valence-electron chi connectivity index (χ2n) is 4.48. The summed E-state index contributed by atoms with van der Waals surface area (Å²) < 4.78 is 0. The molecule has 0 aliphatic carbocycles. The van der Waals surface area contributed by atoms with Crippen molar-refractivity contribution >= 4 is 0 Å². The highest BCUT2D eigenvalue weighted by atomic mass is 15.1. The minimum atomic E-state index is 0.0918. The molecular weight excluding hydrogens is 186 g/mol. The lowest BCUT2D eigenvalue weighted by atomic mass is 9.96. The number of hydrogen-bond acceptors (Lipinski definition) is 3. The third-order valence-electron chi connectivity index (χ3n) is 2.49. The van der Waals surface area contributed by atoms with Crippen molar-refractivity contribution in [3.63, 3.8) is 0 Å². The minimum absolute atomic E-state index is 0.0918. The van der Waals surface area contributed by atoms with Crippen molar-refractivity contribution in [2.75, 3.05) is 0 Å². The Kier molecular flexibility index (Phi) is 4.21. The lowest BCUT2D eigenvalue weighted by molar-refractivity contribution is 0.504. The van der Waals surface area contributed by atoms with E-state index < -0.39 is 0 Å². The van der Waals surface area contributed by atoms with Crippen molar-refractivity contribution in [1.29, 1.82) is 0 Å². The van der Waals surface area contributed by atoms with E-state index in [0.29, 0.717) is 5.92 Å². The molecule has 1 heterocycles. The van der Waals surface area contributed by atoms with Gasteiger partial charge in [0.25, 0.3) is 0 Å². The summed E-state index contributed by atoms with van der Waals surface area (Å²) in [6.07, 6.45) is 1.90. The quantitative estimate of drug-likeness (QED) is 0.824. The van der Waals surface area contributed by atoms with Crippen LogP contribution in [0.25, 0.3) is 0 Å². The third kappa shape index (κ3) is 3.27. The van der Waals surface area contributed by atoms with Crippen LogP contribution in [-0.4, -0.2) is 10.2 Å². The van der Waals surface area contributed by atoms with Gasteiger partial charge in [-0.05, 0) is 37.3 Å². The van der Waals surface area contributed by atoms with E-state index in [-0.39, 0.29) is 6.04 Å². The van der Waals surface area contributed by atoms with Crippen molar-refractivity contribution < 1.29 is 0 Å². The second kappa shape index (κ2) is 5.21. The Hall–Kier alpha value is -0.960. The molecule has 0 radical (unpaired) electrons. The Balaban J connectivity index is 2.94. The van der Waals surface area contributed by atoms with Gasteiger partial charge in [0.05, 0.1) is 11.4 Å². The predicted molar refractivity (Wildman–Crippen MR) is 62.5 cm³/mol. The fourth-order valence-corrected chi connectivity index (χ4v) is 1.76. The monoisotopic (exact) mass is 207 g/mol. The van der Waals surface area contributed by atoms with Gasteiger partial charge in [0.1, 0.15) is 0 Å². The number of aryl methyl sites for hydroxylation is 2. The largest absolute Gasteiger partial charge is 0.324 e. The van der Waals surface area contributed by atoms with E-state index in [2.05, 4.69) is 37.0 Å². The lowest BCUT2D eigenvalue weighted by Crippen LogP contribution is -2.16. The average molecular weight is 207 g/mol. The number of hydrogen-bond donors (Lipinski definition) is 1. The maximum Gasteiger partial charge on any atom is 0.0676 e. The zero-order valence-electron chi connectivity index (χ0n) is 10.1. The van der Waals surface area contributed by atoms with Gasteiger partial charge in [0, 0.05) is 6.04 Å². The SMILES string of the molecule is CCc1nnc(C)cc1C(N)CC(C)C. The van der Waals surface area contributed by atoms with Crippen molar-refractivity contribution in [3.05, 3.63) is 23.0 Å². The smallest absolute Gasteiger partial charge is 0.0676 e. The van der Waals surface area contributed by atoms with Crippen molar-refractivity contribution in [3.8, 4) is 0 Å². The lowest BCUT2D eigenvalue weighted by Gasteiger charge is -2.17. The molecule has 0 saturated heterocycles. The molecule has 1 unspecified atom stereocenters. The van der Waals surface area contributed by atoms with Gasteiger partial charge in [-0.3, -0.25) is 0 Å². The van der Waals surface area contributed by atoms with E-state index in [1.165, 1.54) is 5.56 Å². The standard InChI is InChI=1S/C12H21N3/c1-5-12-10(7-9(4)14-15-12)11(13)6-8(2)3/h7-8,11H,5-6,13H2,1-4H3. The molecule has 1 rings (SSSR count). The molecule has 0 bridgehead atoms. The number of rotatable bonds is 4. The molecule has 0 aliphatic heterocycles. The van der Waals surface area contributed by atoms with Gasteiger partial charge < -0.3 is 5.73 Å². The maximum atomic E-state index is 6.17. The molecule has 84 valence electrons. The van der Waals surface area contributed by atoms with Crippen molar-refractivity contribution in [2.45, 2.75) is 46.6 Å². The van der Waals surface area contributed by atoms with Crippen LogP contribution in [0, 0.1) is 12.8 Å². The van der Waals surface area contributed by atoms with E-state index >= 15 is 0 Å². The molecular formula is C12H21N3. The molecule has 2 N–H and O–H groups in total.